The minimum absolute atomic E-state index is 0.0421. The SMILES string of the molecule is CCN(CC(=O)Nc1sccc1C#N)CC1CCCNC1. The third kappa shape index (κ3) is 4.81. The number of hydrogen-bond donors (Lipinski definition) is 2. The molecule has 0 aliphatic carbocycles. The standard InChI is InChI=1S/C15H22N4OS/c1-2-19(10-12-4-3-6-17-9-12)11-14(20)18-15-13(8-16)5-7-21-15/h5,7,12,17H,2-4,6,9-11H2,1H3,(H,18,20). The van der Waals surface area contributed by atoms with Crippen LogP contribution >= 0.6 is 11.3 Å². The van der Waals surface area contributed by atoms with E-state index in [0.29, 0.717) is 23.0 Å². The van der Waals surface area contributed by atoms with Crippen molar-refractivity contribution in [2.45, 2.75) is 19.8 Å². The van der Waals surface area contributed by atoms with E-state index in [1.54, 1.807) is 6.07 Å². The lowest BCUT2D eigenvalue weighted by molar-refractivity contribution is -0.117. The second-order valence-electron chi connectivity index (χ2n) is 5.36. The number of carbonyl (C=O) groups is 1. The van der Waals surface area contributed by atoms with E-state index in [-0.39, 0.29) is 5.91 Å². The molecule has 2 N–H and O–H groups in total. The van der Waals surface area contributed by atoms with E-state index < -0.39 is 0 Å². The summed E-state index contributed by atoms with van der Waals surface area (Å²) in [5.41, 5.74) is 0.535. The molecule has 0 aromatic carbocycles. The second kappa shape index (κ2) is 8.13. The number of rotatable bonds is 6. The first-order valence-electron chi connectivity index (χ1n) is 7.43. The lowest BCUT2D eigenvalue weighted by Gasteiger charge is -2.28. The molecule has 1 aromatic rings. The summed E-state index contributed by atoms with van der Waals surface area (Å²) in [5, 5.41) is 17.7. The van der Waals surface area contributed by atoms with E-state index in [0.717, 1.165) is 26.2 Å². The van der Waals surface area contributed by atoms with Crippen molar-refractivity contribution in [1.29, 1.82) is 5.26 Å². The molecule has 0 bridgehead atoms. The van der Waals surface area contributed by atoms with Gasteiger partial charge in [-0.05, 0) is 49.8 Å². The first-order chi connectivity index (χ1) is 10.2. The highest BCUT2D eigenvalue weighted by Gasteiger charge is 2.18. The molecule has 1 fully saturated rings. The van der Waals surface area contributed by atoms with Crippen molar-refractivity contribution in [2.75, 3.05) is 38.0 Å². The van der Waals surface area contributed by atoms with Gasteiger partial charge in [-0.1, -0.05) is 6.92 Å². The second-order valence-corrected chi connectivity index (χ2v) is 6.28. The molecule has 5 nitrogen and oxygen atoms in total. The fourth-order valence-electron chi connectivity index (χ4n) is 2.61. The Morgan fingerprint density at radius 1 is 1.67 bits per heavy atom. The summed E-state index contributed by atoms with van der Waals surface area (Å²) in [6, 6.07) is 3.82. The van der Waals surface area contributed by atoms with Gasteiger partial charge in [0.2, 0.25) is 5.91 Å². The van der Waals surface area contributed by atoms with Crippen LogP contribution in [0.4, 0.5) is 5.00 Å². The minimum Gasteiger partial charge on any atom is -0.316 e. The van der Waals surface area contributed by atoms with Crippen LogP contribution in [0.1, 0.15) is 25.3 Å². The number of nitrogens with zero attached hydrogens (tertiary/aromatic N) is 2. The quantitative estimate of drug-likeness (QED) is 0.842. The van der Waals surface area contributed by atoms with Crippen molar-refractivity contribution in [3.05, 3.63) is 17.0 Å². The van der Waals surface area contributed by atoms with E-state index in [9.17, 15) is 4.79 Å². The maximum Gasteiger partial charge on any atom is 0.239 e. The van der Waals surface area contributed by atoms with Crippen LogP contribution in [0.25, 0.3) is 0 Å². The van der Waals surface area contributed by atoms with Crippen molar-refractivity contribution in [3.63, 3.8) is 0 Å². The summed E-state index contributed by atoms with van der Waals surface area (Å²) >= 11 is 1.39. The zero-order valence-corrected chi connectivity index (χ0v) is 13.2. The van der Waals surface area contributed by atoms with Crippen molar-refractivity contribution >= 4 is 22.2 Å². The summed E-state index contributed by atoms with van der Waals surface area (Å²) < 4.78 is 0. The molecule has 2 heterocycles. The van der Waals surface area contributed by atoms with Gasteiger partial charge in [0.1, 0.15) is 11.1 Å². The Morgan fingerprint density at radius 2 is 2.52 bits per heavy atom. The number of nitriles is 1. The molecule has 2 rings (SSSR count). The zero-order valence-electron chi connectivity index (χ0n) is 12.4. The summed E-state index contributed by atoms with van der Waals surface area (Å²) in [6.07, 6.45) is 2.45. The van der Waals surface area contributed by atoms with Gasteiger partial charge in [0, 0.05) is 6.54 Å². The highest BCUT2D eigenvalue weighted by molar-refractivity contribution is 7.14. The van der Waals surface area contributed by atoms with E-state index in [2.05, 4.69) is 28.5 Å². The van der Waals surface area contributed by atoms with Crippen molar-refractivity contribution in [3.8, 4) is 6.07 Å². The molecule has 0 saturated carbocycles. The highest BCUT2D eigenvalue weighted by Crippen LogP contribution is 2.22. The molecule has 1 aromatic heterocycles. The Labute approximate surface area is 129 Å². The van der Waals surface area contributed by atoms with Gasteiger partial charge in [-0.3, -0.25) is 9.69 Å². The molecule has 1 aliphatic heterocycles. The van der Waals surface area contributed by atoms with Gasteiger partial charge in [-0.2, -0.15) is 5.26 Å². The minimum atomic E-state index is -0.0421. The largest absolute Gasteiger partial charge is 0.316 e. The number of thiophene rings is 1. The van der Waals surface area contributed by atoms with E-state index >= 15 is 0 Å². The van der Waals surface area contributed by atoms with Crippen molar-refractivity contribution in [1.82, 2.24) is 10.2 Å². The number of amides is 1. The van der Waals surface area contributed by atoms with E-state index in [1.807, 2.05) is 5.38 Å². The Kier molecular flexibility index (Phi) is 6.18. The van der Waals surface area contributed by atoms with Crippen LogP contribution in [0.2, 0.25) is 0 Å². The fraction of sp³-hybridized carbons (Fsp3) is 0.600. The van der Waals surface area contributed by atoms with Crippen molar-refractivity contribution in [2.24, 2.45) is 5.92 Å². The number of piperidine rings is 1. The Balaban J connectivity index is 1.83. The molecular weight excluding hydrogens is 284 g/mol. The molecule has 0 spiro atoms. The van der Waals surface area contributed by atoms with Gasteiger partial charge in [0.25, 0.3) is 0 Å². The van der Waals surface area contributed by atoms with Crippen LogP contribution in [0.15, 0.2) is 11.4 Å². The molecule has 1 saturated heterocycles. The van der Waals surface area contributed by atoms with Gasteiger partial charge in [0.05, 0.1) is 12.1 Å². The number of hydrogen-bond acceptors (Lipinski definition) is 5. The zero-order chi connectivity index (χ0) is 15.1. The van der Waals surface area contributed by atoms with Gasteiger partial charge in [-0.25, -0.2) is 0 Å². The average Bonchev–Trinajstić information content (AvgIpc) is 2.94. The van der Waals surface area contributed by atoms with E-state index in [1.165, 1.54) is 24.2 Å². The van der Waals surface area contributed by atoms with Crippen LogP contribution in [0, 0.1) is 17.2 Å². The molecule has 21 heavy (non-hydrogen) atoms. The summed E-state index contributed by atoms with van der Waals surface area (Å²) in [5.74, 6) is 0.586. The molecule has 0 radical (unpaired) electrons. The lowest BCUT2D eigenvalue weighted by Crippen LogP contribution is -2.41. The number of carbonyl (C=O) groups excluding carboxylic acids is 1. The normalized spacial score (nSPS) is 18.4. The maximum absolute atomic E-state index is 12.1. The first kappa shape index (κ1) is 16.0. The van der Waals surface area contributed by atoms with Gasteiger partial charge < -0.3 is 10.6 Å². The molecule has 6 heteroatoms. The summed E-state index contributed by atoms with van der Waals surface area (Å²) in [7, 11) is 0. The summed E-state index contributed by atoms with van der Waals surface area (Å²) in [6.45, 7) is 6.43. The van der Waals surface area contributed by atoms with Gasteiger partial charge in [-0.15, -0.1) is 11.3 Å². The van der Waals surface area contributed by atoms with Crippen LogP contribution in [0.5, 0.6) is 0 Å². The third-order valence-corrected chi connectivity index (χ3v) is 4.60. The predicted octanol–water partition coefficient (Wildman–Crippen LogP) is 1.88. The van der Waals surface area contributed by atoms with Crippen LogP contribution in [-0.4, -0.2) is 43.5 Å². The molecule has 1 unspecified atom stereocenters. The van der Waals surface area contributed by atoms with Crippen molar-refractivity contribution < 1.29 is 4.79 Å². The third-order valence-electron chi connectivity index (χ3n) is 3.77. The first-order valence-corrected chi connectivity index (χ1v) is 8.31. The summed E-state index contributed by atoms with van der Waals surface area (Å²) in [4.78, 5) is 14.3. The topological polar surface area (TPSA) is 68.2 Å². The predicted molar refractivity (Wildman–Crippen MR) is 85.4 cm³/mol. The van der Waals surface area contributed by atoms with Gasteiger partial charge in [0.15, 0.2) is 0 Å². The molecule has 1 aliphatic rings. The maximum atomic E-state index is 12.1. The number of likely N-dealkylation sites (N-methyl/N-ethyl adjacent to an activating group) is 1. The lowest BCUT2D eigenvalue weighted by atomic mass is 9.99. The smallest absolute Gasteiger partial charge is 0.239 e. The number of anilines is 1. The molecule has 1 atom stereocenters. The van der Waals surface area contributed by atoms with Crippen LogP contribution < -0.4 is 10.6 Å². The fourth-order valence-corrected chi connectivity index (χ4v) is 3.37. The average molecular weight is 306 g/mol. The molecular formula is C15H22N4OS. The van der Waals surface area contributed by atoms with E-state index in [4.69, 9.17) is 5.26 Å². The van der Waals surface area contributed by atoms with Gasteiger partial charge >= 0.3 is 0 Å². The monoisotopic (exact) mass is 306 g/mol. The molecule has 1 amide bonds. The number of nitrogens with one attached hydrogen (secondary N) is 2. The van der Waals surface area contributed by atoms with Crippen LogP contribution in [0.3, 0.4) is 0 Å². The highest BCUT2D eigenvalue weighted by atomic mass is 32.1. The molecule has 114 valence electrons. The Bertz CT molecular complexity index is 502. The Morgan fingerprint density at radius 3 is 3.19 bits per heavy atom. The Hall–Kier alpha value is -1.42. The van der Waals surface area contributed by atoms with Crippen LogP contribution in [-0.2, 0) is 4.79 Å².